The molecule has 2 N–H and O–H groups in total. The number of hydrogen-bond donors (Lipinski definition) is 2. The molecule has 0 aromatic carbocycles. The molecule has 5 heteroatoms. The van der Waals surface area contributed by atoms with Gasteiger partial charge in [0.25, 0.3) is 0 Å². The van der Waals surface area contributed by atoms with Gasteiger partial charge in [-0.2, -0.15) is 0 Å². The first kappa shape index (κ1) is 14.8. The van der Waals surface area contributed by atoms with Gasteiger partial charge in [0.2, 0.25) is 5.91 Å². The van der Waals surface area contributed by atoms with E-state index in [0.29, 0.717) is 13.0 Å². The van der Waals surface area contributed by atoms with Crippen LogP contribution in [0.25, 0.3) is 0 Å². The maximum Gasteiger partial charge on any atom is 0.220 e. The predicted molar refractivity (Wildman–Crippen MR) is 75.1 cm³/mol. The molecule has 1 amide bonds. The average molecular weight is 269 g/mol. The maximum absolute atomic E-state index is 11.8. The van der Waals surface area contributed by atoms with Crippen LogP contribution in [0, 0.1) is 5.92 Å². The van der Waals surface area contributed by atoms with E-state index in [2.05, 4.69) is 22.6 Å². The minimum absolute atomic E-state index is 0.154. The number of likely N-dealkylation sites (N-methyl/N-ethyl adjacent to an activating group) is 1. The fourth-order valence-corrected chi connectivity index (χ4v) is 2.81. The van der Waals surface area contributed by atoms with E-state index in [0.717, 1.165) is 45.1 Å². The summed E-state index contributed by atoms with van der Waals surface area (Å²) in [7, 11) is 2.09. The summed E-state index contributed by atoms with van der Waals surface area (Å²) in [5.41, 5.74) is 0. The van der Waals surface area contributed by atoms with Crippen LogP contribution < -0.4 is 10.6 Å². The van der Waals surface area contributed by atoms with Gasteiger partial charge in [-0.25, -0.2) is 0 Å². The van der Waals surface area contributed by atoms with Crippen molar-refractivity contribution in [3.8, 4) is 0 Å². The van der Waals surface area contributed by atoms with Gasteiger partial charge in [-0.1, -0.05) is 0 Å². The Balaban J connectivity index is 1.56. The van der Waals surface area contributed by atoms with E-state index in [1.807, 2.05) is 0 Å². The van der Waals surface area contributed by atoms with Gasteiger partial charge in [0.05, 0.1) is 12.7 Å². The second-order valence-electron chi connectivity index (χ2n) is 5.79. The summed E-state index contributed by atoms with van der Waals surface area (Å²) in [4.78, 5) is 14.1. The van der Waals surface area contributed by atoms with Crippen LogP contribution in [0.1, 0.15) is 25.7 Å². The standard InChI is InChI=1S/C14H27N3O2/c1-17-8-9-19-13(11-17)10-16-14(18)3-2-12-4-6-15-7-5-12/h12-13,15H,2-11H2,1H3,(H,16,18). The number of hydrogen-bond acceptors (Lipinski definition) is 4. The molecule has 0 radical (unpaired) electrons. The molecule has 2 fully saturated rings. The molecule has 2 rings (SSSR count). The summed E-state index contributed by atoms with van der Waals surface area (Å²) < 4.78 is 5.63. The summed E-state index contributed by atoms with van der Waals surface area (Å²) in [5.74, 6) is 0.902. The van der Waals surface area contributed by atoms with Crippen LogP contribution in [0.4, 0.5) is 0 Å². The van der Waals surface area contributed by atoms with Gasteiger partial charge in [-0.05, 0) is 45.3 Å². The van der Waals surface area contributed by atoms with E-state index < -0.39 is 0 Å². The van der Waals surface area contributed by atoms with E-state index in [1.54, 1.807) is 0 Å². The number of nitrogens with zero attached hydrogens (tertiary/aromatic N) is 1. The first-order valence-corrected chi connectivity index (χ1v) is 7.51. The zero-order valence-corrected chi connectivity index (χ0v) is 12.0. The Bertz CT molecular complexity index is 280. The molecule has 2 saturated heterocycles. The van der Waals surface area contributed by atoms with Crippen LogP contribution in [0.15, 0.2) is 0 Å². The van der Waals surface area contributed by atoms with Gasteiger partial charge >= 0.3 is 0 Å². The van der Waals surface area contributed by atoms with E-state index >= 15 is 0 Å². The quantitative estimate of drug-likeness (QED) is 0.749. The van der Waals surface area contributed by atoms with Crippen molar-refractivity contribution >= 4 is 5.91 Å². The second kappa shape index (κ2) is 7.82. The molecule has 2 aliphatic heterocycles. The van der Waals surface area contributed by atoms with Crippen molar-refractivity contribution in [1.29, 1.82) is 0 Å². The van der Waals surface area contributed by atoms with Crippen LogP contribution in [0.3, 0.4) is 0 Å². The minimum atomic E-state index is 0.154. The monoisotopic (exact) mass is 269 g/mol. The van der Waals surface area contributed by atoms with Crippen molar-refractivity contribution in [2.75, 3.05) is 46.4 Å². The average Bonchev–Trinajstić information content (AvgIpc) is 2.44. The summed E-state index contributed by atoms with van der Waals surface area (Å²) in [5, 5.41) is 6.36. The topological polar surface area (TPSA) is 53.6 Å². The van der Waals surface area contributed by atoms with Crippen molar-refractivity contribution in [1.82, 2.24) is 15.5 Å². The van der Waals surface area contributed by atoms with Crippen molar-refractivity contribution in [2.24, 2.45) is 5.92 Å². The largest absolute Gasteiger partial charge is 0.374 e. The van der Waals surface area contributed by atoms with Crippen LogP contribution in [-0.2, 0) is 9.53 Å². The highest BCUT2D eigenvalue weighted by Gasteiger charge is 2.19. The van der Waals surface area contributed by atoms with Crippen LogP contribution in [0.5, 0.6) is 0 Å². The first-order valence-electron chi connectivity index (χ1n) is 7.51. The summed E-state index contributed by atoms with van der Waals surface area (Å²) in [6.07, 6.45) is 4.27. The van der Waals surface area contributed by atoms with E-state index in [4.69, 9.17) is 4.74 Å². The highest BCUT2D eigenvalue weighted by Crippen LogP contribution is 2.17. The molecule has 0 aromatic rings. The van der Waals surface area contributed by atoms with Crippen molar-refractivity contribution in [3.63, 3.8) is 0 Å². The smallest absolute Gasteiger partial charge is 0.220 e. The lowest BCUT2D eigenvalue weighted by Crippen LogP contribution is -2.45. The zero-order chi connectivity index (χ0) is 13.5. The van der Waals surface area contributed by atoms with E-state index in [-0.39, 0.29) is 12.0 Å². The fourth-order valence-electron chi connectivity index (χ4n) is 2.81. The molecule has 1 atom stereocenters. The van der Waals surface area contributed by atoms with Gasteiger partial charge in [-0.15, -0.1) is 0 Å². The maximum atomic E-state index is 11.8. The summed E-state index contributed by atoms with van der Waals surface area (Å²) >= 11 is 0. The summed E-state index contributed by atoms with van der Waals surface area (Å²) in [6.45, 7) is 5.53. The number of morpholine rings is 1. The Kier molecular flexibility index (Phi) is 6.07. The Morgan fingerprint density at radius 1 is 1.42 bits per heavy atom. The molecule has 2 heterocycles. The van der Waals surface area contributed by atoms with E-state index in [1.165, 1.54) is 12.8 Å². The number of rotatable bonds is 5. The summed E-state index contributed by atoms with van der Waals surface area (Å²) in [6, 6.07) is 0. The number of carbonyl (C=O) groups is 1. The first-order chi connectivity index (χ1) is 9.24. The molecule has 110 valence electrons. The van der Waals surface area contributed by atoms with Gasteiger partial charge in [0.1, 0.15) is 0 Å². The molecule has 1 unspecified atom stereocenters. The number of nitrogens with one attached hydrogen (secondary N) is 2. The number of piperidine rings is 1. The lowest BCUT2D eigenvalue weighted by molar-refractivity contribution is -0.122. The third kappa shape index (κ3) is 5.47. The third-order valence-corrected chi connectivity index (χ3v) is 4.11. The Labute approximate surface area is 116 Å². The van der Waals surface area contributed by atoms with Gasteiger partial charge in [0, 0.05) is 26.1 Å². The molecule has 0 aliphatic carbocycles. The highest BCUT2D eigenvalue weighted by molar-refractivity contribution is 5.75. The molecule has 2 aliphatic rings. The Hall–Kier alpha value is -0.650. The number of amides is 1. The molecular formula is C14H27N3O2. The Morgan fingerprint density at radius 3 is 2.95 bits per heavy atom. The van der Waals surface area contributed by atoms with Crippen LogP contribution >= 0.6 is 0 Å². The van der Waals surface area contributed by atoms with Crippen molar-refractivity contribution in [3.05, 3.63) is 0 Å². The minimum Gasteiger partial charge on any atom is -0.374 e. The zero-order valence-electron chi connectivity index (χ0n) is 12.0. The molecule has 0 saturated carbocycles. The normalized spacial score (nSPS) is 26.3. The molecule has 0 bridgehead atoms. The lowest BCUT2D eigenvalue weighted by Gasteiger charge is -2.30. The number of ether oxygens (including phenoxy) is 1. The van der Waals surface area contributed by atoms with Crippen LogP contribution in [0.2, 0.25) is 0 Å². The lowest BCUT2D eigenvalue weighted by atomic mass is 9.93. The molecule has 0 spiro atoms. The number of carbonyl (C=O) groups excluding carboxylic acids is 1. The van der Waals surface area contributed by atoms with Gasteiger partial charge in [0.15, 0.2) is 0 Å². The molecule has 0 aromatic heterocycles. The SMILES string of the molecule is CN1CCOC(CNC(=O)CCC2CCNCC2)C1. The van der Waals surface area contributed by atoms with Gasteiger partial charge < -0.3 is 20.3 Å². The third-order valence-electron chi connectivity index (χ3n) is 4.11. The molecule has 19 heavy (non-hydrogen) atoms. The van der Waals surface area contributed by atoms with Crippen LogP contribution in [-0.4, -0.2) is 63.3 Å². The van der Waals surface area contributed by atoms with Crippen molar-refractivity contribution < 1.29 is 9.53 Å². The Morgan fingerprint density at radius 2 is 2.21 bits per heavy atom. The second-order valence-corrected chi connectivity index (χ2v) is 5.79. The molecule has 5 nitrogen and oxygen atoms in total. The van der Waals surface area contributed by atoms with Crippen molar-refractivity contribution in [2.45, 2.75) is 31.8 Å². The van der Waals surface area contributed by atoms with Gasteiger partial charge in [-0.3, -0.25) is 4.79 Å². The highest BCUT2D eigenvalue weighted by atomic mass is 16.5. The molecular weight excluding hydrogens is 242 g/mol. The fraction of sp³-hybridized carbons (Fsp3) is 0.929. The van der Waals surface area contributed by atoms with E-state index in [9.17, 15) is 4.79 Å². The predicted octanol–water partition coefficient (Wildman–Crippen LogP) is 0.213.